The Hall–Kier alpha value is -2.81. The molecule has 0 aliphatic carbocycles. The highest BCUT2D eigenvalue weighted by atomic mass is 32.2. The van der Waals surface area contributed by atoms with E-state index in [9.17, 15) is 4.79 Å². The van der Waals surface area contributed by atoms with Gasteiger partial charge in [0, 0.05) is 25.7 Å². The number of hydrogen-bond acceptors (Lipinski definition) is 6. The quantitative estimate of drug-likeness (QED) is 0.668. The van der Waals surface area contributed by atoms with E-state index in [1.54, 1.807) is 18.8 Å². The van der Waals surface area contributed by atoms with Gasteiger partial charge in [-0.25, -0.2) is 0 Å². The number of amides is 1. The standard InChI is InChI=1S/C17H20N6O2S/c1-11-8-14(23(3)21-11)18-15(24)10-26-17-20-19-16(22(17)2)12-6-5-7-13(9-12)25-4/h5-9H,10H2,1-4H3,(H,18,24). The number of nitrogens with zero attached hydrogens (tertiary/aromatic N) is 5. The van der Waals surface area contributed by atoms with E-state index in [0.29, 0.717) is 16.8 Å². The Morgan fingerprint density at radius 1 is 1.27 bits per heavy atom. The van der Waals surface area contributed by atoms with Crippen molar-refractivity contribution in [2.75, 3.05) is 18.2 Å². The summed E-state index contributed by atoms with van der Waals surface area (Å²) >= 11 is 1.33. The van der Waals surface area contributed by atoms with Gasteiger partial charge in [-0.1, -0.05) is 23.9 Å². The van der Waals surface area contributed by atoms with Crippen LogP contribution in [0, 0.1) is 6.92 Å². The summed E-state index contributed by atoms with van der Waals surface area (Å²) in [5.74, 6) is 2.25. The molecule has 0 spiro atoms. The number of aromatic nitrogens is 5. The summed E-state index contributed by atoms with van der Waals surface area (Å²) in [6.07, 6.45) is 0. The highest BCUT2D eigenvalue weighted by molar-refractivity contribution is 7.99. The van der Waals surface area contributed by atoms with E-state index in [1.165, 1.54) is 11.8 Å². The summed E-state index contributed by atoms with van der Waals surface area (Å²) in [4.78, 5) is 12.2. The third-order valence-corrected chi connectivity index (χ3v) is 4.78. The van der Waals surface area contributed by atoms with Crippen molar-refractivity contribution in [2.24, 2.45) is 14.1 Å². The van der Waals surface area contributed by atoms with Gasteiger partial charge < -0.3 is 14.6 Å². The summed E-state index contributed by atoms with van der Waals surface area (Å²) in [6.45, 7) is 1.88. The first-order valence-corrected chi connectivity index (χ1v) is 8.93. The Bertz CT molecular complexity index is 933. The first kappa shape index (κ1) is 18.0. The first-order valence-electron chi connectivity index (χ1n) is 7.95. The van der Waals surface area contributed by atoms with E-state index >= 15 is 0 Å². The van der Waals surface area contributed by atoms with Crippen LogP contribution in [0.25, 0.3) is 11.4 Å². The van der Waals surface area contributed by atoms with Gasteiger partial charge >= 0.3 is 0 Å². The summed E-state index contributed by atoms with van der Waals surface area (Å²) in [5.41, 5.74) is 1.76. The number of methoxy groups -OCH3 is 1. The highest BCUT2D eigenvalue weighted by Gasteiger charge is 2.14. The molecule has 0 aliphatic heterocycles. The molecule has 0 radical (unpaired) electrons. The number of aryl methyl sites for hydroxylation is 2. The largest absolute Gasteiger partial charge is 0.497 e. The second-order valence-corrected chi connectivity index (χ2v) is 6.67. The molecule has 0 aliphatic rings. The van der Waals surface area contributed by atoms with E-state index in [-0.39, 0.29) is 11.7 Å². The molecule has 0 bridgehead atoms. The Morgan fingerprint density at radius 3 is 2.77 bits per heavy atom. The van der Waals surface area contributed by atoms with Gasteiger partial charge in [0.25, 0.3) is 0 Å². The summed E-state index contributed by atoms with van der Waals surface area (Å²) in [5, 5.41) is 16.1. The molecule has 0 saturated heterocycles. The van der Waals surface area contributed by atoms with Gasteiger partial charge in [0.1, 0.15) is 11.6 Å². The van der Waals surface area contributed by atoms with E-state index in [4.69, 9.17) is 4.74 Å². The molecule has 3 rings (SSSR count). The van der Waals surface area contributed by atoms with Gasteiger partial charge in [0.2, 0.25) is 5.91 Å². The van der Waals surface area contributed by atoms with Gasteiger partial charge in [0.05, 0.1) is 18.6 Å². The number of rotatable bonds is 6. The average Bonchev–Trinajstić information content (AvgIpc) is 3.14. The monoisotopic (exact) mass is 372 g/mol. The molecule has 136 valence electrons. The molecule has 8 nitrogen and oxygen atoms in total. The molecule has 1 amide bonds. The molecule has 2 heterocycles. The van der Waals surface area contributed by atoms with Crippen molar-refractivity contribution >= 4 is 23.5 Å². The number of ether oxygens (including phenoxy) is 1. The Morgan fingerprint density at radius 2 is 2.08 bits per heavy atom. The molecule has 26 heavy (non-hydrogen) atoms. The lowest BCUT2D eigenvalue weighted by Crippen LogP contribution is -2.16. The number of benzene rings is 1. The molecular weight excluding hydrogens is 352 g/mol. The lowest BCUT2D eigenvalue weighted by atomic mass is 10.2. The maximum atomic E-state index is 12.2. The van der Waals surface area contributed by atoms with E-state index in [0.717, 1.165) is 17.0 Å². The first-order chi connectivity index (χ1) is 12.5. The second-order valence-electron chi connectivity index (χ2n) is 5.73. The maximum Gasteiger partial charge on any atom is 0.235 e. The van der Waals surface area contributed by atoms with E-state index in [2.05, 4.69) is 20.6 Å². The Labute approximate surface area is 155 Å². The minimum atomic E-state index is -0.121. The highest BCUT2D eigenvalue weighted by Crippen LogP contribution is 2.25. The third-order valence-electron chi connectivity index (χ3n) is 3.76. The summed E-state index contributed by atoms with van der Waals surface area (Å²) in [6, 6.07) is 9.44. The van der Waals surface area contributed by atoms with Crippen LogP contribution < -0.4 is 10.1 Å². The van der Waals surface area contributed by atoms with Crippen molar-refractivity contribution < 1.29 is 9.53 Å². The molecule has 1 N–H and O–H groups in total. The van der Waals surface area contributed by atoms with Crippen LogP contribution in [0.1, 0.15) is 5.69 Å². The molecule has 0 saturated carbocycles. The smallest absolute Gasteiger partial charge is 0.235 e. The van der Waals surface area contributed by atoms with Crippen molar-refractivity contribution in [3.8, 4) is 17.1 Å². The molecule has 0 unspecified atom stereocenters. The second kappa shape index (κ2) is 7.61. The predicted molar refractivity (Wildman–Crippen MR) is 100 cm³/mol. The Kier molecular flexibility index (Phi) is 5.27. The molecule has 0 atom stereocenters. The number of carbonyl (C=O) groups excluding carboxylic acids is 1. The van der Waals surface area contributed by atoms with E-state index < -0.39 is 0 Å². The topological polar surface area (TPSA) is 86.9 Å². The van der Waals surface area contributed by atoms with Crippen LogP contribution in [0.5, 0.6) is 5.75 Å². The van der Waals surface area contributed by atoms with Crippen molar-refractivity contribution in [1.29, 1.82) is 0 Å². The van der Waals surface area contributed by atoms with Crippen molar-refractivity contribution in [3.05, 3.63) is 36.0 Å². The summed E-state index contributed by atoms with van der Waals surface area (Å²) < 4.78 is 8.75. The van der Waals surface area contributed by atoms with Gasteiger partial charge in [0.15, 0.2) is 11.0 Å². The predicted octanol–water partition coefficient (Wildman–Crippen LogP) is 2.26. The van der Waals surface area contributed by atoms with Gasteiger partial charge in [-0.2, -0.15) is 5.10 Å². The van der Waals surface area contributed by atoms with E-state index in [1.807, 2.05) is 48.9 Å². The molecule has 3 aromatic rings. The number of thioether (sulfide) groups is 1. The third kappa shape index (κ3) is 3.88. The van der Waals surface area contributed by atoms with Crippen LogP contribution in [-0.2, 0) is 18.9 Å². The minimum Gasteiger partial charge on any atom is -0.497 e. The molecule has 2 aromatic heterocycles. The number of carbonyl (C=O) groups is 1. The number of anilines is 1. The van der Waals surface area contributed by atoms with Crippen LogP contribution in [0.15, 0.2) is 35.5 Å². The van der Waals surface area contributed by atoms with Crippen molar-refractivity contribution in [1.82, 2.24) is 24.5 Å². The molecule has 0 fully saturated rings. The van der Waals surface area contributed by atoms with Gasteiger partial charge in [-0.05, 0) is 19.1 Å². The number of hydrogen-bond donors (Lipinski definition) is 1. The number of nitrogens with one attached hydrogen (secondary N) is 1. The Balaban J connectivity index is 1.66. The van der Waals surface area contributed by atoms with Gasteiger partial charge in [-0.15, -0.1) is 10.2 Å². The molecule has 9 heteroatoms. The zero-order valence-electron chi connectivity index (χ0n) is 15.1. The minimum absolute atomic E-state index is 0.121. The van der Waals surface area contributed by atoms with Crippen LogP contribution in [0.3, 0.4) is 0 Å². The summed E-state index contributed by atoms with van der Waals surface area (Å²) in [7, 11) is 5.29. The lowest BCUT2D eigenvalue weighted by Gasteiger charge is -2.06. The normalized spacial score (nSPS) is 10.8. The zero-order chi connectivity index (χ0) is 18.7. The van der Waals surface area contributed by atoms with Crippen LogP contribution >= 0.6 is 11.8 Å². The van der Waals surface area contributed by atoms with Gasteiger partial charge in [-0.3, -0.25) is 9.48 Å². The zero-order valence-corrected chi connectivity index (χ0v) is 15.9. The average molecular weight is 372 g/mol. The molecule has 1 aromatic carbocycles. The van der Waals surface area contributed by atoms with Crippen molar-refractivity contribution in [2.45, 2.75) is 12.1 Å². The fraction of sp³-hybridized carbons (Fsp3) is 0.294. The molecular formula is C17H20N6O2S. The lowest BCUT2D eigenvalue weighted by molar-refractivity contribution is -0.113. The van der Waals surface area contributed by atoms with Crippen molar-refractivity contribution in [3.63, 3.8) is 0 Å². The van der Waals surface area contributed by atoms with Crippen LogP contribution in [0.2, 0.25) is 0 Å². The SMILES string of the molecule is COc1cccc(-c2nnc(SCC(=O)Nc3cc(C)nn3C)n2C)c1. The fourth-order valence-corrected chi connectivity index (χ4v) is 3.20. The van der Waals surface area contributed by atoms with Crippen LogP contribution in [-0.4, -0.2) is 43.3 Å². The van der Waals surface area contributed by atoms with Crippen LogP contribution in [0.4, 0.5) is 5.82 Å². The maximum absolute atomic E-state index is 12.2. The fourth-order valence-electron chi connectivity index (χ4n) is 2.49.